The Hall–Kier alpha value is -2.48. The zero-order valence-corrected chi connectivity index (χ0v) is 16.5. The molecule has 6 nitrogen and oxygen atoms in total. The number of hydrogen-bond donors (Lipinski definition) is 1. The van der Waals surface area contributed by atoms with E-state index in [1.54, 1.807) is 16.6 Å². The van der Waals surface area contributed by atoms with Gasteiger partial charge in [-0.15, -0.1) is 5.10 Å². The van der Waals surface area contributed by atoms with Crippen molar-refractivity contribution >= 4 is 23.4 Å². The van der Waals surface area contributed by atoms with Crippen molar-refractivity contribution in [3.63, 3.8) is 0 Å². The number of hydrogen-bond acceptors (Lipinski definition) is 5. The summed E-state index contributed by atoms with van der Waals surface area (Å²) in [5.74, 6) is 0.483. The molecule has 0 aliphatic rings. The molecule has 142 valence electrons. The molecule has 2 heterocycles. The summed E-state index contributed by atoms with van der Waals surface area (Å²) < 4.78 is 14.8. The first-order chi connectivity index (χ1) is 12.8. The third-order valence-electron chi connectivity index (χ3n) is 4.14. The van der Waals surface area contributed by atoms with Crippen LogP contribution in [-0.2, 0) is 4.79 Å². The van der Waals surface area contributed by atoms with Crippen LogP contribution in [0.15, 0.2) is 35.5 Å². The Morgan fingerprint density at radius 2 is 1.93 bits per heavy atom. The first kappa shape index (κ1) is 19.3. The fourth-order valence-electron chi connectivity index (χ4n) is 2.86. The molecule has 0 aliphatic carbocycles. The van der Waals surface area contributed by atoms with Gasteiger partial charge in [-0.25, -0.2) is 13.9 Å². The van der Waals surface area contributed by atoms with Crippen LogP contribution in [0.2, 0.25) is 0 Å². The molecular formula is C19H22FN5OS. The number of halogens is 1. The third-order valence-corrected chi connectivity index (χ3v) is 4.98. The summed E-state index contributed by atoms with van der Waals surface area (Å²) in [5, 5.41) is 7.92. The summed E-state index contributed by atoms with van der Waals surface area (Å²) in [6.07, 6.45) is 0. The fourth-order valence-corrected chi connectivity index (χ4v) is 3.49. The van der Waals surface area contributed by atoms with Crippen molar-refractivity contribution in [1.29, 1.82) is 0 Å². The van der Waals surface area contributed by atoms with Gasteiger partial charge >= 0.3 is 0 Å². The molecule has 0 radical (unpaired) electrons. The van der Waals surface area contributed by atoms with Gasteiger partial charge in [0.05, 0.1) is 11.8 Å². The second-order valence-electron chi connectivity index (χ2n) is 6.77. The van der Waals surface area contributed by atoms with E-state index >= 15 is 0 Å². The van der Waals surface area contributed by atoms with Crippen molar-refractivity contribution in [3.05, 3.63) is 53.1 Å². The molecule has 0 aliphatic heterocycles. The lowest BCUT2D eigenvalue weighted by molar-refractivity contribution is -0.119. The summed E-state index contributed by atoms with van der Waals surface area (Å²) >= 11 is 1.27. The number of nitrogens with one attached hydrogen (secondary N) is 1. The first-order valence-corrected chi connectivity index (χ1v) is 9.70. The normalized spacial score (nSPS) is 12.5. The number of carbonyl (C=O) groups is 1. The van der Waals surface area contributed by atoms with Crippen LogP contribution in [0.5, 0.6) is 0 Å². The molecule has 27 heavy (non-hydrogen) atoms. The van der Waals surface area contributed by atoms with Crippen molar-refractivity contribution in [3.8, 4) is 0 Å². The van der Waals surface area contributed by atoms with Gasteiger partial charge in [0.15, 0.2) is 0 Å². The molecule has 0 saturated heterocycles. The highest BCUT2D eigenvalue weighted by molar-refractivity contribution is 7.99. The SMILES string of the molecule is Cc1cc(C)n2nc(SCC(=O)NC(c3ccc(F)cc3)C(C)C)nc2n1. The summed E-state index contributed by atoms with van der Waals surface area (Å²) in [7, 11) is 0. The number of thioether (sulfide) groups is 1. The van der Waals surface area contributed by atoms with Gasteiger partial charge in [-0.1, -0.05) is 37.7 Å². The molecule has 0 saturated carbocycles. The fraction of sp³-hybridized carbons (Fsp3) is 0.368. The highest BCUT2D eigenvalue weighted by atomic mass is 32.2. The Kier molecular flexibility index (Phi) is 5.74. The molecule has 1 unspecified atom stereocenters. The molecule has 1 atom stereocenters. The summed E-state index contributed by atoms with van der Waals surface area (Å²) in [6.45, 7) is 7.88. The van der Waals surface area contributed by atoms with Gasteiger partial charge in [-0.2, -0.15) is 4.98 Å². The number of amides is 1. The topological polar surface area (TPSA) is 72.2 Å². The van der Waals surface area contributed by atoms with Gasteiger partial charge in [0.2, 0.25) is 11.1 Å². The van der Waals surface area contributed by atoms with Crippen LogP contribution in [0.4, 0.5) is 4.39 Å². The smallest absolute Gasteiger partial charge is 0.253 e. The Labute approximate surface area is 161 Å². The van der Waals surface area contributed by atoms with Crippen LogP contribution in [-0.4, -0.2) is 31.2 Å². The van der Waals surface area contributed by atoms with Crippen LogP contribution < -0.4 is 5.32 Å². The van der Waals surface area contributed by atoms with Crippen molar-refractivity contribution in [1.82, 2.24) is 24.9 Å². The second kappa shape index (κ2) is 8.04. The number of rotatable bonds is 6. The predicted octanol–water partition coefficient (Wildman–Crippen LogP) is 3.49. The second-order valence-corrected chi connectivity index (χ2v) is 7.72. The molecule has 3 aromatic rings. The third kappa shape index (κ3) is 4.63. The van der Waals surface area contributed by atoms with E-state index in [0.717, 1.165) is 17.0 Å². The van der Waals surface area contributed by atoms with Crippen molar-refractivity contribution in [2.75, 3.05) is 5.75 Å². The van der Waals surface area contributed by atoms with E-state index in [9.17, 15) is 9.18 Å². The molecule has 1 aromatic carbocycles. The molecule has 2 aromatic heterocycles. The molecule has 0 fully saturated rings. The zero-order chi connectivity index (χ0) is 19.6. The van der Waals surface area contributed by atoms with Gasteiger partial charge in [0.25, 0.3) is 5.78 Å². The van der Waals surface area contributed by atoms with Crippen molar-refractivity contribution < 1.29 is 9.18 Å². The Morgan fingerprint density at radius 1 is 1.22 bits per heavy atom. The number of aromatic nitrogens is 4. The van der Waals surface area contributed by atoms with E-state index in [0.29, 0.717) is 10.9 Å². The number of nitrogens with zero attached hydrogens (tertiary/aromatic N) is 4. The Bertz CT molecular complexity index is 955. The molecule has 1 amide bonds. The van der Waals surface area contributed by atoms with Crippen molar-refractivity contribution in [2.45, 2.75) is 38.9 Å². The molecule has 0 spiro atoms. The van der Waals surface area contributed by atoms with Gasteiger partial charge in [0.1, 0.15) is 5.82 Å². The maximum absolute atomic E-state index is 13.2. The summed E-state index contributed by atoms with van der Waals surface area (Å²) in [6, 6.07) is 7.97. The van der Waals surface area contributed by atoms with E-state index in [2.05, 4.69) is 20.4 Å². The van der Waals surface area contributed by atoms with Crippen LogP contribution in [0.25, 0.3) is 5.78 Å². The number of carbonyl (C=O) groups excluding carboxylic acids is 1. The quantitative estimate of drug-likeness (QED) is 0.656. The lowest BCUT2D eigenvalue weighted by atomic mass is 9.96. The molecule has 0 bridgehead atoms. The maximum atomic E-state index is 13.2. The number of aryl methyl sites for hydroxylation is 2. The highest BCUT2D eigenvalue weighted by Gasteiger charge is 2.19. The van der Waals surface area contributed by atoms with E-state index in [-0.39, 0.29) is 29.4 Å². The maximum Gasteiger partial charge on any atom is 0.253 e. The van der Waals surface area contributed by atoms with Crippen LogP contribution >= 0.6 is 11.8 Å². The molecule has 3 rings (SSSR count). The standard InChI is InChI=1S/C19H22FN5OS/c1-11(2)17(14-5-7-15(20)8-6-14)22-16(26)10-27-19-23-18-21-12(3)9-13(4)25(18)24-19/h5-9,11,17H,10H2,1-4H3,(H,22,26). The number of benzene rings is 1. The zero-order valence-electron chi connectivity index (χ0n) is 15.7. The first-order valence-electron chi connectivity index (χ1n) is 8.72. The summed E-state index contributed by atoms with van der Waals surface area (Å²) in [4.78, 5) is 21.1. The van der Waals surface area contributed by atoms with Gasteiger partial charge in [-0.3, -0.25) is 4.79 Å². The van der Waals surface area contributed by atoms with E-state index in [1.165, 1.54) is 23.9 Å². The Morgan fingerprint density at radius 3 is 2.59 bits per heavy atom. The summed E-state index contributed by atoms with van der Waals surface area (Å²) in [5.41, 5.74) is 2.70. The minimum absolute atomic E-state index is 0.122. The molecular weight excluding hydrogens is 365 g/mol. The Balaban J connectivity index is 1.66. The number of fused-ring (bicyclic) bond motifs is 1. The van der Waals surface area contributed by atoms with Crippen LogP contribution in [0.1, 0.15) is 36.8 Å². The van der Waals surface area contributed by atoms with E-state index in [1.807, 2.05) is 33.8 Å². The van der Waals surface area contributed by atoms with Gasteiger partial charge in [-0.05, 0) is 43.5 Å². The van der Waals surface area contributed by atoms with Crippen molar-refractivity contribution in [2.24, 2.45) is 5.92 Å². The largest absolute Gasteiger partial charge is 0.348 e. The molecule has 8 heteroatoms. The minimum atomic E-state index is -0.291. The van der Waals surface area contributed by atoms with Crippen LogP contribution in [0.3, 0.4) is 0 Å². The van der Waals surface area contributed by atoms with E-state index in [4.69, 9.17) is 0 Å². The lowest BCUT2D eigenvalue weighted by Gasteiger charge is -2.22. The van der Waals surface area contributed by atoms with Gasteiger partial charge < -0.3 is 5.32 Å². The van der Waals surface area contributed by atoms with E-state index < -0.39 is 0 Å². The lowest BCUT2D eigenvalue weighted by Crippen LogP contribution is -2.33. The highest BCUT2D eigenvalue weighted by Crippen LogP contribution is 2.23. The predicted molar refractivity (Wildman–Crippen MR) is 103 cm³/mol. The monoisotopic (exact) mass is 387 g/mol. The van der Waals surface area contributed by atoms with Crippen LogP contribution in [0, 0.1) is 25.6 Å². The molecule has 1 N–H and O–H groups in total. The average Bonchev–Trinajstić information content (AvgIpc) is 3.02. The van der Waals surface area contributed by atoms with Gasteiger partial charge in [0, 0.05) is 11.4 Å². The average molecular weight is 387 g/mol. The minimum Gasteiger partial charge on any atom is -0.348 e.